The predicted octanol–water partition coefficient (Wildman–Crippen LogP) is 3.29. The Hall–Kier alpha value is -2.46. The first-order valence-corrected chi connectivity index (χ1v) is 7.04. The Balaban J connectivity index is 2.31. The number of halogens is 1. The molecule has 0 bridgehead atoms. The van der Waals surface area contributed by atoms with E-state index >= 15 is 0 Å². The highest BCUT2D eigenvalue weighted by molar-refractivity contribution is 6.37. The Morgan fingerprint density at radius 2 is 1.68 bits per heavy atom. The third-order valence-electron chi connectivity index (χ3n) is 3.10. The van der Waals surface area contributed by atoms with Crippen molar-refractivity contribution in [1.82, 2.24) is 0 Å². The smallest absolute Gasteiger partial charge is 0.257 e. The van der Waals surface area contributed by atoms with E-state index in [4.69, 9.17) is 11.6 Å². The van der Waals surface area contributed by atoms with Crippen LogP contribution in [0.1, 0.15) is 22.8 Å². The van der Waals surface area contributed by atoms with Crippen LogP contribution in [0.4, 0.5) is 5.69 Å². The van der Waals surface area contributed by atoms with Crippen molar-refractivity contribution in [3.63, 3.8) is 0 Å². The van der Waals surface area contributed by atoms with Crippen molar-refractivity contribution in [1.29, 1.82) is 0 Å². The van der Waals surface area contributed by atoms with Gasteiger partial charge in [0.15, 0.2) is 5.78 Å². The molecule has 0 aliphatic rings. The fraction of sp³-hybridized carbons (Fsp3) is 0.118. The second kappa shape index (κ2) is 7.00. The number of carbonyl (C=O) groups is 3. The zero-order valence-electron chi connectivity index (χ0n) is 11.9. The standard InChI is InChI=1S/C17H14ClNO3/c1-11(20)15(21)10-12-6-5-9-14(18)16(12)17(22)19-13-7-3-2-4-8-13/h2-9H,10H2,1H3,(H,19,22). The molecule has 0 heterocycles. The molecule has 112 valence electrons. The summed E-state index contributed by atoms with van der Waals surface area (Å²) in [6, 6.07) is 13.7. The molecule has 4 nitrogen and oxygen atoms in total. The van der Waals surface area contributed by atoms with Gasteiger partial charge in [-0.1, -0.05) is 41.9 Å². The predicted molar refractivity (Wildman–Crippen MR) is 85.2 cm³/mol. The van der Waals surface area contributed by atoms with E-state index in [-0.39, 0.29) is 17.0 Å². The first-order valence-electron chi connectivity index (χ1n) is 6.66. The number of Topliss-reactive ketones (excluding diaryl/α,β-unsaturated/α-hetero) is 2. The van der Waals surface area contributed by atoms with E-state index in [0.29, 0.717) is 11.3 Å². The van der Waals surface area contributed by atoms with Crippen LogP contribution in [0.3, 0.4) is 0 Å². The third kappa shape index (κ3) is 3.80. The number of anilines is 1. The molecule has 0 saturated heterocycles. The highest BCUT2D eigenvalue weighted by atomic mass is 35.5. The maximum Gasteiger partial charge on any atom is 0.257 e. The topological polar surface area (TPSA) is 63.2 Å². The van der Waals surface area contributed by atoms with Gasteiger partial charge in [0.05, 0.1) is 10.6 Å². The maximum absolute atomic E-state index is 12.4. The lowest BCUT2D eigenvalue weighted by Crippen LogP contribution is -2.19. The summed E-state index contributed by atoms with van der Waals surface area (Å²) in [5.74, 6) is -1.52. The molecule has 1 amide bonds. The number of benzene rings is 2. The van der Waals surface area contributed by atoms with Gasteiger partial charge in [0.25, 0.3) is 5.91 Å². The molecule has 0 aromatic heterocycles. The summed E-state index contributed by atoms with van der Waals surface area (Å²) in [7, 11) is 0. The van der Waals surface area contributed by atoms with Crippen LogP contribution in [-0.4, -0.2) is 17.5 Å². The summed E-state index contributed by atoms with van der Waals surface area (Å²) >= 11 is 6.10. The Labute approximate surface area is 133 Å². The first kappa shape index (κ1) is 15.9. The third-order valence-corrected chi connectivity index (χ3v) is 3.42. The van der Waals surface area contributed by atoms with Gasteiger partial charge < -0.3 is 5.32 Å². The summed E-state index contributed by atoms with van der Waals surface area (Å²) in [5.41, 5.74) is 1.26. The lowest BCUT2D eigenvalue weighted by Gasteiger charge is -2.11. The minimum atomic E-state index is -0.559. The van der Waals surface area contributed by atoms with Crippen LogP contribution in [-0.2, 0) is 16.0 Å². The zero-order valence-corrected chi connectivity index (χ0v) is 12.7. The lowest BCUT2D eigenvalue weighted by atomic mass is 10.00. The molecular formula is C17H14ClNO3. The van der Waals surface area contributed by atoms with Crippen LogP contribution >= 0.6 is 11.6 Å². The van der Waals surface area contributed by atoms with Crippen LogP contribution in [0, 0.1) is 0 Å². The van der Waals surface area contributed by atoms with Crippen molar-refractivity contribution in [2.45, 2.75) is 13.3 Å². The molecule has 0 aliphatic carbocycles. The second-order valence-corrected chi connectivity index (χ2v) is 5.16. The van der Waals surface area contributed by atoms with Crippen LogP contribution in [0.5, 0.6) is 0 Å². The minimum absolute atomic E-state index is 0.145. The Kier molecular flexibility index (Phi) is 5.07. The highest BCUT2D eigenvalue weighted by Crippen LogP contribution is 2.22. The minimum Gasteiger partial charge on any atom is -0.322 e. The van der Waals surface area contributed by atoms with E-state index in [1.807, 2.05) is 6.07 Å². The molecule has 1 N–H and O–H groups in total. The van der Waals surface area contributed by atoms with Gasteiger partial charge in [-0.05, 0) is 23.8 Å². The fourth-order valence-electron chi connectivity index (χ4n) is 1.98. The molecule has 0 spiro atoms. The van der Waals surface area contributed by atoms with Gasteiger partial charge in [0, 0.05) is 19.0 Å². The largest absolute Gasteiger partial charge is 0.322 e. The van der Waals surface area contributed by atoms with Crippen molar-refractivity contribution in [3.05, 3.63) is 64.7 Å². The monoisotopic (exact) mass is 315 g/mol. The number of amides is 1. The number of ketones is 2. The number of carbonyl (C=O) groups excluding carboxylic acids is 3. The van der Waals surface area contributed by atoms with Crippen molar-refractivity contribution in [3.8, 4) is 0 Å². The average Bonchev–Trinajstić information content (AvgIpc) is 2.48. The first-order chi connectivity index (χ1) is 10.5. The quantitative estimate of drug-likeness (QED) is 0.861. The summed E-state index contributed by atoms with van der Waals surface area (Å²) in [4.78, 5) is 35.2. The Bertz CT molecular complexity index is 726. The molecule has 0 atom stereocenters. The molecule has 0 unspecified atom stereocenters. The van der Waals surface area contributed by atoms with E-state index in [9.17, 15) is 14.4 Å². The normalized spacial score (nSPS) is 10.1. The summed E-state index contributed by atoms with van der Waals surface area (Å²) < 4.78 is 0. The van der Waals surface area contributed by atoms with E-state index in [2.05, 4.69) is 5.32 Å². The number of hydrogen-bond donors (Lipinski definition) is 1. The van der Waals surface area contributed by atoms with Gasteiger partial charge in [-0.3, -0.25) is 14.4 Å². The molecule has 2 aromatic carbocycles. The molecular weight excluding hydrogens is 302 g/mol. The summed E-state index contributed by atoms with van der Waals surface area (Å²) in [6.07, 6.45) is -0.145. The van der Waals surface area contributed by atoms with Gasteiger partial charge in [-0.15, -0.1) is 0 Å². The van der Waals surface area contributed by atoms with Crippen molar-refractivity contribution < 1.29 is 14.4 Å². The van der Waals surface area contributed by atoms with Gasteiger partial charge in [-0.2, -0.15) is 0 Å². The maximum atomic E-state index is 12.4. The second-order valence-electron chi connectivity index (χ2n) is 4.75. The van der Waals surface area contributed by atoms with Gasteiger partial charge >= 0.3 is 0 Å². The summed E-state index contributed by atoms with van der Waals surface area (Å²) in [5, 5.41) is 2.96. The number of hydrogen-bond acceptors (Lipinski definition) is 3. The molecule has 2 aromatic rings. The van der Waals surface area contributed by atoms with Crippen molar-refractivity contribution in [2.24, 2.45) is 0 Å². The lowest BCUT2D eigenvalue weighted by molar-refractivity contribution is -0.134. The molecule has 0 saturated carbocycles. The van der Waals surface area contributed by atoms with E-state index in [1.54, 1.807) is 42.5 Å². The van der Waals surface area contributed by atoms with Gasteiger partial charge in [0.1, 0.15) is 0 Å². The van der Waals surface area contributed by atoms with Crippen molar-refractivity contribution >= 4 is 34.8 Å². The molecule has 2 rings (SSSR count). The SMILES string of the molecule is CC(=O)C(=O)Cc1cccc(Cl)c1C(=O)Nc1ccccc1. The van der Waals surface area contributed by atoms with E-state index < -0.39 is 17.5 Å². The fourth-order valence-corrected chi connectivity index (χ4v) is 2.26. The van der Waals surface area contributed by atoms with Crippen LogP contribution in [0.2, 0.25) is 5.02 Å². The number of rotatable bonds is 5. The highest BCUT2D eigenvalue weighted by Gasteiger charge is 2.19. The molecule has 0 radical (unpaired) electrons. The van der Waals surface area contributed by atoms with Gasteiger partial charge in [0.2, 0.25) is 5.78 Å². The van der Waals surface area contributed by atoms with Crippen molar-refractivity contribution in [2.75, 3.05) is 5.32 Å². The average molecular weight is 316 g/mol. The summed E-state index contributed by atoms with van der Waals surface area (Å²) in [6.45, 7) is 1.20. The van der Waals surface area contributed by atoms with E-state index in [0.717, 1.165) is 0 Å². The van der Waals surface area contributed by atoms with Crippen LogP contribution in [0.15, 0.2) is 48.5 Å². The molecule has 5 heteroatoms. The van der Waals surface area contributed by atoms with Crippen LogP contribution in [0.25, 0.3) is 0 Å². The molecule has 0 fully saturated rings. The molecule has 0 aliphatic heterocycles. The number of para-hydroxylation sites is 1. The Morgan fingerprint density at radius 1 is 1.00 bits per heavy atom. The van der Waals surface area contributed by atoms with Crippen LogP contribution < -0.4 is 5.32 Å². The molecule has 22 heavy (non-hydrogen) atoms. The zero-order chi connectivity index (χ0) is 16.1. The van der Waals surface area contributed by atoms with Gasteiger partial charge in [-0.25, -0.2) is 0 Å². The number of nitrogens with one attached hydrogen (secondary N) is 1. The Morgan fingerprint density at radius 3 is 2.32 bits per heavy atom. The van der Waals surface area contributed by atoms with E-state index in [1.165, 1.54) is 6.92 Å².